The SMILES string of the molecule is C\C=C/C=C(\C=C(/C)NC(=O)CC(C)CCCC)C(=N)c1cc(C(N)=NC=N)ccc1N. The van der Waals surface area contributed by atoms with Crippen LogP contribution in [0.3, 0.4) is 0 Å². The van der Waals surface area contributed by atoms with E-state index < -0.39 is 0 Å². The molecule has 0 saturated carbocycles. The van der Waals surface area contributed by atoms with Gasteiger partial charge in [0.1, 0.15) is 12.2 Å². The second kappa shape index (κ2) is 13.7. The van der Waals surface area contributed by atoms with Gasteiger partial charge in [-0.1, -0.05) is 51.3 Å². The van der Waals surface area contributed by atoms with Crippen LogP contribution in [0.2, 0.25) is 0 Å². The van der Waals surface area contributed by atoms with Gasteiger partial charge in [-0.15, -0.1) is 0 Å². The number of hydrogen-bond donors (Lipinski definition) is 5. The van der Waals surface area contributed by atoms with Gasteiger partial charge in [0, 0.05) is 34.5 Å². The van der Waals surface area contributed by atoms with Crippen LogP contribution >= 0.6 is 0 Å². The summed E-state index contributed by atoms with van der Waals surface area (Å²) in [4.78, 5) is 16.2. The average molecular weight is 437 g/mol. The number of unbranched alkanes of at least 4 members (excludes halogenated alkanes) is 1. The summed E-state index contributed by atoms with van der Waals surface area (Å²) in [5.74, 6) is 0.468. The lowest BCUT2D eigenvalue weighted by Gasteiger charge is -2.13. The monoisotopic (exact) mass is 436 g/mol. The molecule has 0 spiro atoms. The molecule has 1 amide bonds. The van der Waals surface area contributed by atoms with E-state index in [0.29, 0.717) is 40.4 Å². The van der Waals surface area contributed by atoms with Crippen LogP contribution in [0.5, 0.6) is 0 Å². The summed E-state index contributed by atoms with van der Waals surface area (Å²) < 4.78 is 0. The van der Waals surface area contributed by atoms with E-state index in [1.807, 2.05) is 19.1 Å². The Morgan fingerprint density at radius 3 is 2.69 bits per heavy atom. The number of aliphatic imine (C=N–C) groups is 1. The molecule has 1 unspecified atom stereocenters. The van der Waals surface area contributed by atoms with Crippen molar-refractivity contribution in [2.45, 2.75) is 53.4 Å². The normalized spacial score (nSPS) is 13.8. The van der Waals surface area contributed by atoms with Crippen LogP contribution in [0, 0.1) is 16.7 Å². The van der Waals surface area contributed by atoms with Crippen molar-refractivity contribution in [2.24, 2.45) is 16.6 Å². The molecule has 0 aromatic heterocycles. The number of carbonyl (C=O) groups excluding carboxylic acids is 1. The van der Waals surface area contributed by atoms with Gasteiger partial charge in [0.15, 0.2) is 0 Å². The highest BCUT2D eigenvalue weighted by molar-refractivity contribution is 6.16. The predicted octanol–water partition coefficient (Wildman–Crippen LogP) is 4.69. The number of nitrogen functional groups attached to an aromatic ring is 1. The van der Waals surface area contributed by atoms with Gasteiger partial charge in [0.25, 0.3) is 0 Å². The Bertz CT molecular complexity index is 940. The van der Waals surface area contributed by atoms with Gasteiger partial charge in [0.05, 0.1) is 5.71 Å². The van der Waals surface area contributed by atoms with Crippen molar-refractivity contribution < 1.29 is 4.79 Å². The Labute approximate surface area is 191 Å². The van der Waals surface area contributed by atoms with E-state index in [1.165, 1.54) is 0 Å². The molecular formula is C25H36N6O. The first-order valence-electron chi connectivity index (χ1n) is 10.9. The molecule has 0 saturated heterocycles. The van der Waals surface area contributed by atoms with Gasteiger partial charge in [-0.05, 0) is 44.0 Å². The van der Waals surface area contributed by atoms with Gasteiger partial charge in [-0.3, -0.25) is 15.6 Å². The highest BCUT2D eigenvalue weighted by Crippen LogP contribution is 2.20. The molecule has 7 nitrogen and oxygen atoms in total. The molecule has 1 aromatic carbocycles. The summed E-state index contributed by atoms with van der Waals surface area (Å²) >= 11 is 0. The van der Waals surface area contributed by atoms with Crippen molar-refractivity contribution in [1.29, 1.82) is 10.8 Å². The Morgan fingerprint density at radius 1 is 1.34 bits per heavy atom. The van der Waals surface area contributed by atoms with Gasteiger partial charge in [0.2, 0.25) is 5.91 Å². The first-order valence-corrected chi connectivity index (χ1v) is 10.9. The highest BCUT2D eigenvalue weighted by atomic mass is 16.1. The minimum Gasteiger partial charge on any atom is -0.398 e. The molecule has 0 fully saturated rings. The van der Waals surface area contributed by atoms with E-state index in [0.717, 1.165) is 25.6 Å². The molecular weight excluding hydrogens is 400 g/mol. The summed E-state index contributed by atoms with van der Waals surface area (Å²) in [7, 11) is 0. The second-order valence-corrected chi connectivity index (χ2v) is 7.80. The molecule has 0 aliphatic rings. The van der Waals surface area contributed by atoms with Crippen LogP contribution in [-0.2, 0) is 4.79 Å². The Balaban J connectivity index is 3.15. The molecule has 0 aliphatic heterocycles. The number of rotatable bonds is 12. The van der Waals surface area contributed by atoms with Crippen molar-refractivity contribution in [3.8, 4) is 0 Å². The number of benzene rings is 1. The zero-order valence-corrected chi connectivity index (χ0v) is 19.5. The van der Waals surface area contributed by atoms with Crippen LogP contribution in [0.1, 0.15) is 64.5 Å². The molecule has 7 N–H and O–H groups in total. The van der Waals surface area contributed by atoms with E-state index in [4.69, 9.17) is 22.3 Å². The van der Waals surface area contributed by atoms with Crippen molar-refractivity contribution in [1.82, 2.24) is 5.32 Å². The molecule has 1 rings (SSSR count). The minimum absolute atomic E-state index is 0.0311. The quantitative estimate of drug-likeness (QED) is 0.140. The minimum atomic E-state index is -0.0311. The maximum atomic E-state index is 12.4. The van der Waals surface area contributed by atoms with E-state index in [1.54, 1.807) is 37.3 Å². The fraction of sp³-hybridized carbons (Fsp3) is 0.360. The van der Waals surface area contributed by atoms with E-state index in [-0.39, 0.29) is 17.5 Å². The fourth-order valence-electron chi connectivity index (χ4n) is 3.15. The standard InChI is InChI=1S/C25H36N6O/c1-5-7-9-17(3)13-23(32)31-18(4)14-19(10-8-6-2)24(28)21-15-20(11-12-22(21)27)25(29)30-16-26/h6,8,10-12,14-17,28H,5,7,9,13,27H2,1-4H3,(H,31,32)(H3,26,29,30)/b8-6-,18-14+,19-10+,28-24?. The van der Waals surface area contributed by atoms with E-state index >= 15 is 0 Å². The number of nitrogens with one attached hydrogen (secondary N) is 3. The first-order chi connectivity index (χ1) is 15.2. The summed E-state index contributed by atoms with van der Waals surface area (Å²) in [6, 6.07) is 5.04. The van der Waals surface area contributed by atoms with E-state index in [2.05, 4.69) is 24.2 Å². The van der Waals surface area contributed by atoms with Crippen LogP contribution in [0.25, 0.3) is 0 Å². The molecule has 0 bridgehead atoms. The number of amidine groups is 1. The Hall–Kier alpha value is -3.48. The molecule has 32 heavy (non-hydrogen) atoms. The second-order valence-electron chi connectivity index (χ2n) is 7.80. The number of anilines is 1. The molecule has 0 radical (unpaired) electrons. The smallest absolute Gasteiger partial charge is 0.224 e. The van der Waals surface area contributed by atoms with Crippen LogP contribution in [-0.4, -0.2) is 23.8 Å². The maximum Gasteiger partial charge on any atom is 0.224 e. The number of nitrogens with two attached hydrogens (primary N) is 2. The van der Waals surface area contributed by atoms with Crippen molar-refractivity contribution in [3.05, 3.63) is 64.9 Å². The topological polar surface area (TPSA) is 141 Å². The van der Waals surface area contributed by atoms with Crippen molar-refractivity contribution in [2.75, 3.05) is 5.73 Å². The average Bonchev–Trinajstić information content (AvgIpc) is 2.74. The van der Waals surface area contributed by atoms with Crippen LogP contribution in [0.4, 0.5) is 5.69 Å². The van der Waals surface area contributed by atoms with Gasteiger partial charge in [-0.25, -0.2) is 4.99 Å². The third kappa shape index (κ3) is 8.71. The third-order valence-electron chi connectivity index (χ3n) is 4.87. The summed E-state index contributed by atoms with van der Waals surface area (Å²) in [5.41, 5.74) is 14.9. The molecule has 1 atom stereocenters. The molecule has 7 heteroatoms. The highest BCUT2D eigenvalue weighted by Gasteiger charge is 2.13. The van der Waals surface area contributed by atoms with Crippen molar-refractivity contribution >= 4 is 29.5 Å². The van der Waals surface area contributed by atoms with Crippen LogP contribution in [0.15, 0.2) is 58.8 Å². The first kappa shape index (κ1) is 26.6. The van der Waals surface area contributed by atoms with Crippen molar-refractivity contribution in [3.63, 3.8) is 0 Å². The lowest BCUT2D eigenvalue weighted by atomic mass is 9.97. The fourth-order valence-corrected chi connectivity index (χ4v) is 3.15. The third-order valence-corrected chi connectivity index (χ3v) is 4.87. The number of hydrogen-bond acceptors (Lipinski definition) is 4. The molecule has 172 valence electrons. The number of allylic oxidation sites excluding steroid dienone is 6. The molecule has 0 aliphatic carbocycles. The zero-order chi connectivity index (χ0) is 24.1. The predicted molar refractivity (Wildman–Crippen MR) is 135 cm³/mol. The lowest BCUT2D eigenvalue weighted by molar-refractivity contribution is -0.121. The van der Waals surface area contributed by atoms with Gasteiger partial charge in [-0.2, -0.15) is 0 Å². The number of nitrogens with zero attached hydrogens (tertiary/aromatic N) is 1. The molecule has 1 aromatic rings. The summed E-state index contributed by atoms with van der Waals surface area (Å²) in [5, 5.41) is 18.8. The summed E-state index contributed by atoms with van der Waals surface area (Å²) in [6.07, 6.45) is 11.8. The largest absolute Gasteiger partial charge is 0.398 e. The molecule has 0 heterocycles. The Morgan fingerprint density at radius 2 is 2.06 bits per heavy atom. The number of amides is 1. The van der Waals surface area contributed by atoms with Gasteiger partial charge < -0.3 is 16.8 Å². The number of carbonyl (C=O) groups is 1. The lowest BCUT2D eigenvalue weighted by Crippen LogP contribution is -2.23. The zero-order valence-electron chi connectivity index (χ0n) is 19.5. The Kier molecular flexibility index (Phi) is 11.4. The van der Waals surface area contributed by atoms with Crippen LogP contribution < -0.4 is 16.8 Å². The van der Waals surface area contributed by atoms with E-state index in [9.17, 15) is 4.79 Å². The van der Waals surface area contributed by atoms with Gasteiger partial charge >= 0.3 is 0 Å². The summed E-state index contributed by atoms with van der Waals surface area (Å²) in [6.45, 7) is 7.92. The maximum absolute atomic E-state index is 12.4.